The topological polar surface area (TPSA) is 265 Å². The molecule has 2 aliphatic heterocycles. The van der Waals surface area contributed by atoms with Crippen molar-refractivity contribution in [2.75, 3.05) is 48.3 Å². The molecule has 0 aliphatic carbocycles. The molecule has 0 aromatic heterocycles. The first-order valence-corrected chi connectivity index (χ1v) is 22.4. The summed E-state index contributed by atoms with van der Waals surface area (Å²) in [5.74, 6) is -4.65. The third-order valence-electron chi connectivity index (χ3n) is 9.62. The summed E-state index contributed by atoms with van der Waals surface area (Å²) >= 11 is 0. The maximum absolute atomic E-state index is 13.7. The number of carboxylic acids is 1. The van der Waals surface area contributed by atoms with Crippen LogP contribution in [0.4, 0.5) is 11.4 Å². The second-order valence-corrected chi connectivity index (χ2v) is 19.2. The first kappa shape index (κ1) is 44.2. The van der Waals surface area contributed by atoms with Crippen LogP contribution in [0.25, 0.3) is 0 Å². The minimum absolute atomic E-state index is 0.0178. The lowest BCUT2D eigenvalue weighted by atomic mass is 9.78. The van der Waals surface area contributed by atoms with Crippen LogP contribution in [0.3, 0.4) is 0 Å². The Balaban J connectivity index is 1.86. The molecule has 0 radical (unpaired) electrons. The number of rotatable bonds is 17. The Bertz CT molecular complexity index is 2360. The van der Waals surface area contributed by atoms with Crippen LogP contribution in [0.15, 0.2) is 54.3 Å². The molecule has 20 heteroatoms. The molecule has 2 aromatic carbocycles. The highest BCUT2D eigenvalue weighted by atomic mass is 32.2. The lowest BCUT2D eigenvalue weighted by molar-refractivity contribution is -0.437. The summed E-state index contributed by atoms with van der Waals surface area (Å²) in [5, 5.41) is 14.9. The van der Waals surface area contributed by atoms with Crippen LogP contribution < -0.4 is 15.5 Å². The maximum atomic E-state index is 13.7. The average Bonchev–Trinajstić information content (AvgIpc) is 3.41. The molecular weight excluding hydrogens is 793 g/mol. The van der Waals surface area contributed by atoms with Crippen LogP contribution in [0.5, 0.6) is 0 Å². The van der Waals surface area contributed by atoms with Gasteiger partial charge in [0.2, 0.25) is 5.69 Å². The van der Waals surface area contributed by atoms with Gasteiger partial charge in [0.1, 0.15) is 6.54 Å². The van der Waals surface area contributed by atoms with Gasteiger partial charge in [0, 0.05) is 71.7 Å². The van der Waals surface area contributed by atoms with Gasteiger partial charge in [-0.05, 0) is 44.5 Å². The largest absolute Gasteiger partial charge is 0.478 e. The Morgan fingerprint density at radius 3 is 1.95 bits per heavy atom. The SMILES string of the molecule is CCCN1/C(=C/C=C/C2=[N+](CCCS(=O)(=O)O)c3cccc(C(=O)O)c3C2(C)C)C(C)(C)c2c(C(=O)NCCS(=O)(=O)O)cc(C(=O)NCCS(=O)(=O)O)cc21. The number of carboxylic acid groups (broad SMARTS) is 1. The smallest absolute Gasteiger partial charge is 0.336 e. The first-order valence-electron chi connectivity index (χ1n) is 17.6. The summed E-state index contributed by atoms with van der Waals surface area (Å²) in [6.45, 7) is 9.00. The molecule has 0 unspecified atom stereocenters. The van der Waals surface area contributed by atoms with Crippen LogP contribution >= 0.6 is 0 Å². The molecule has 6 N–H and O–H groups in total. The van der Waals surface area contributed by atoms with Gasteiger partial charge in [0.05, 0.1) is 33.8 Å². The highest BCUT2D eigenvalue weighted by molar-refractivity contribution is 7.86. The predicted octanol–water partition coefficient (Wildman–Crippen LogP) is 2.92. The summed E-state index contributed by atoms with van der Waals surface area (Å²) in [6, 6.07) is 7.69. The van der Waals surface area contributed by atoms with Gasteiger partial charge < -0.3 is 20.6 Å². The number of carbonyl (C=O) groups is 3. The van der Waals surface area contributed by atoms with Crippen LogP contribution in [0.1, 0.15) is 89.7 Å². The molecule has 0 saturated heterocycles. The van der Waals surface area contributed by atoms with Gasteiger partial charge in [-0.15, -0.1) is 0 Å². The Labute approximate surface area is 326 Å². The van der Waals surface area contributed by atoms with E-state index < -0.39 is 89.3 Å². The van der Waals surface area contributed by atoms with Gasteiger partial charge in [-0.1, -0.05) is 32.9 Å². The van der Waals surface area contributed by atoms with E-state index in [0.717, 1.165) is 0 Å². The number of hydrogen-bond acceptors (Lipinski definition) is 10. The van der Waals surface area contributed by atoms with Gasteiger partial charge in [0.15, 0.2) is 5.71 Å². The number of fused-ring (bicyclic) bond motifs is 2. The minimum atomic E-state index is -4.42. The van der Waals surface area contributed by atoms with E-state index in [-0.39, 0.29) is 29.7 Å². The highest BCUT2D eigenvalue weighted by Gasteiger charge is 2.47. The van der Waals surface area contributed by atoms with Crippen molar-refractivity contribution in [3.8, 4) is 0 Å². The summed E-state index contributed by atoms with van der Waals surface area (Å²) in [4.78, 5) is 41.2. The molecule has 2 aliphatic rings. The van der Waals surface area contributed by atoms with E-state index in [1.54, 1.807) is 30.4 Å². The normalized spacial score (nSPS) is 17.0. The molecule has 306 valence electrons. The lowest BCUT2D eigenvalue weighted by Crippen LogP contribution is -2.32. The molecule has 17 nitrogen and oxygen atoms in total. The molecule has 56 heavy (non-hydrogen) atoms. The van der Waals surface area contributed by atoms with E-state index in [1.165, 1.54) is 12.1 Å². The quantitative estimate of drug-likeness (QED) is 0.0989. The van der Waals surface area contributed by atoms with Crippen molar-refractivity contribution in [3.63, 3.8) is 0 Å². The van der Waals surface area contributed by atoms with Gasteiger partial charge >= 0.3 is 5.97 Å². The van der Waals surface area contributed by atoms with Gasteiger partial charge in [0.25, 0.3) is 42.2 Å². The second kappa shape index (κ2) is 16.6. The van der Waals surface area contributed by atoms with Crippen molar-refractivity contribution >= 4 is 65.2 Å². The number of anilines is 1. The molecule has 0 spiro atoms. The predicted molar refractivity (Wildman–Crippen MR) is 209 cm³/mol. The zero-order chi connectivity index (χ0) is 42.0. The summed E-state index contributed by atoms with van der Waals surface area (Å²) in [6.07, 6.45) is 5.99. The molecule has 0 fully saturated rings. The summed E-state index contributed by atoms with van der Waals surface area (Å²) in [7, 11) is -13.1. The van der Waals surface area contributed by atoms with Crippen molar-refractivity contribution in [1.29, 1.82) is 0 Å². The molecule has 4 rings (SSSR count). The molecule has 2 heterocycles. The first-order chi connectivity index (χ1) is 25.8. The van der Waals surface area contributed by atoms with Crippen molar-refractivity contribution in [2.45, 2.75) is 58.3 Å². The average molecular weight is 840 g/mol. The minimum Gasteiger partial charge on any atom is -0.478 e. The van der Waals surface area contributed by atoms with Crippen LogP contribution in [-0.2, 0) is 41.2 Å². The van der Waals surface area contributed by atoms with E-state index in [4.69, 9.17) is 4.55 Å². The monoisotopic (exact) mass is 839 g/mol. The van der Waals surface area contributed by atoms with Gasteiger partial charge in [-0.2, -0.15) is 29.8 Å². The Hall–Kier alpha value is -4.47. The van der Waals surface area contributed by atoms with Crippen LogP contribution in [0.2, 0.25) is 0 Å². The van der Waals surface area contributed by atoms with E-state index in [1.807, 2.05) is 50.2 Å². The fraction of sp³-hybridized carbons (Fsp3) is 0.444. The Morgan fingerprint density at radius 2 is 1.39 bits per heavy atom. The number of nitrogens with zero attached hydrogens (tertiary/aromatic N) is 2. The number of hydrogen-bond donors (Lipinski definition) is 6. The fourth-order valence-electron chi connectivity index (χ4n) is 7.32. The van der Waals surface area contributed by atoms with E-state index in [0.29, 0.717) is 46.9 Å². The zero-order valence-electron chi connectivity index (χ0n) is 31.6. The second-order valence-electron chi connectivity index (χ2n) is 14.5. The van der Waals surface area contributed by atoms with Crippen LogP contribution in [-0.4, -0.2) is 116 Å². The third kappa shape index (κ3) is 10.1. The molecule has 0 atom stereocenters. The van der Waals surface area contributed by atoms with Crippen molar-refractivity contribution in [1.82, 2.24) is 10.6 Å². The Morgan fingerprint density at radius 1 is 0.804 bits per heavy atom. The highest BCUT2D eigenvalue weighted by Crippen LogP contribution is 2.50. The number of amides is 2. The number of allylic oxidation sites excluding steroid dienone is 4. The standard InChI is InChI=1S/C36H46N4O13S3/c1-6-16-39-27-22-23(32(41)37-14-19-55(48,49)50)21-25(33(42)38-15-20-56(51,52)53)31(27)36(4,5)28(39)12-8-13-29-35(2,3)30-24(34(43)44)10-7-11-26(30)40(29)17-9-18-54(45,46)47/h7-8,10-13,21-22H,6,9,14-20H2,1-5H3,(H5-,37,38,41,42,43,44,45,46,47,48,49,50,51,52,53)/p+1. The van der Waals surface area contributed by atoms with E-state index in [9.17, 15) is 53.8 Å². The Kier molecular flexibility index (Phi) is 13.1. The van der Waals surface area contributed by atoms with Crippen molar-refractivity contribution in [2.24, 2.45) is 0 Å². The molecular formula is C36H47N4O13S3+. The zero-order valence-corrected chi connectivity index (χ0v) is 34.0. The van der Waals surface area contributed by atoms with Crippen molar-refractivity contribution < 1.29 is 63.0 Å². The molecule has 2 aromatic rings. The number of carbonyl (C=O) groups excluding carboxylic acids is 2. The van der Waals surface area contributed by atoms with Crippen LogP contribution in [0, 0.1) is 0 Å². The number of benzene rings is 2. The molecule has 0 saturated carbocycles. The fourth-order valence-corrected chi connectivity index (χ4v) is 8.53. The van der Waals surface area contributed by atoms with Gasteiger partial charge in [-0.25, -0.2) is 4.79 Å². The molecule has 2 amide bonds. The summed E-state index contributed by atoms with van der Waals surface area (Å²) < 4.78 is 98.0. The number of nitrogens with one attached hydrogen (secondary N) is 2. The van der Waals surface area contributed by atoms with E-state index in [2.05, 4.69) is 10.6 Å². The summed E-state index contributed by atoms with van der Waals surface area (Å²) in [5.41, 5.74) is 1.65. The van der Waals surface area contributed by atoms with Gasteiger partial charge in [-0.3, -0.25) is 23.2 Å². The lowest BCUT2D eigenvalue weighted by Gasteiger charge is -2.27. The third-order valence-corrected chi connectivity index (χ3v) is 11.9. The number of aromatic carboxylic acids is 1. The van der Waals surface area contributed by atoms with Crippen molar-refractivity contribution in [3.05, 3.63) is 82.1 Å². The maximum Gasteiger partial charge on any atom is 0.336 e. The van der Waals surface area contributed by atoms with E-state index >= 15 is 0 Å². The molecule has 0 bridgehead atoms.